The number of rotatable bonds is 6. The first-order chi connectivity index (χ1) is 11.0. The van der Waals surface area contributed by atoms with Gasteiger partial charge in [-0.3, -0.25) is 4.79 Å². The Morgan fingerprint density at radius 1 is 1.30 bits per heavy atom. The van der Waals surface area contributed by atoms with Crippen LogP contribution in [0.25, 0.3) is 0 Å². The summed E-state index contributed by atoms with van der Waals surface area (Å²) < 4.78 is 6.18. The molecule has 0 aliphatic rings. The van der Waals surface area contributed by atoms with Crippen molar-refractivity contribution in [2.75, 3.05) is 18.2 Å². The van der Waals surface area contributed by atoms with Gasteiger partial charge in [0.25, 0.3) is 0 Å². The number of aryl methyl sites for hydroxylation is 1. The summed E-state index contributed by atoms with van der Waals surface area (Å²) in [5.74, 6) is 1.76. The fourth-order valence-corrected chi connectivity index (χ4v) is 3.61. The number of thioether (sulfide) groups is 1. The van der Waals surface area contributed by atoms with Gasteiger partial charge < -0.3 is 10.1 Å². The van der Waals surface area contributed by atoms with E-state index in [0.717, 1.165) is 27.0 Å². The van der Waals surface area contributed by atoms with Crippen LogP contribution in [0.2, 0.25) is 5.02 Å². The van der Waals surface area contributed by atoms with Gasteiger partial charge in [0, 0.05) is 20.8 Å². The van der Waals surface area contributed by atoms with Crippen LogP contribution in [-0.4, -0.2) is 18.8 Å². The van der Waals surface area contributed by atoms with E-state index < -0.39 is 0 Å². The highest BCUT2D eigenvalue weighted by Gasteiger charge is 2.08. The van der Waals surface area contributed by atoms with Gasteiger partial charge in [-0.2, -0.15) is 0 Å². The first kappa shape index (κ1) is 18.2. The van der Waals surface area contributed by atoms with Crippen LogP contribution in [0, 0.1) is 6.92 Å². The molecule has 0 bridgehead atoms. The molecule has 0 aromatic heterocycles. The lowest BCUT2D eigenvalue weighted by Gasteiger charge is -2.10. The summed E-state index contributed by atoms with van der Waals surface area (Å²) in [4.78, 5) is 12.1. The summed E-state index contributed by atoms with van der Waals surface area (Å²) in [5, 5.41) is 3.56. The second kappa shape index (κ2) is 8.62. The van der Waals surface area contributed by atoms with E-state index >= 15 is 0 Å². The van der Waals surface area contributed by atoms with Crippen LogP contribution in [0.3, 0.4) is 0 Å². The number of halogens is 2. The van der Waals surface area contributed by atoms with Gasteiger partial charge in [0.05, 0.1) is 18.6 Å². The zero-order valence-electron chi connectivity index (χ0n) is 12.9. The molecule has 2 aromatic rings. The lowest BCUT2D eigenvalue weighted by molar-refractivity contribution is -0.113. The molecule has 0 saturated heterocycles. The number of benzene rings is 2. The van der Waals surface area contributed by atoms with Gasteiger partial charge >= 0.3 is 0 Å². The number of nitrogens with one attached hydrogen (secondary N) is 1. The van der Waals surface area contributed by atoms with E-state index in [0.29, 0.717) is 16.5 Å². The van der Waals surface area contributed by atoms with Crippen LogP contribution in [0.5, 0.6) is 5.75 Å². The summed E-state index contributed by atoms with van der Waals surface area (Å²) >= 11 is 11.0. The Labute approximate surface area is 153 Å². The largest absolute Gasteiger partial charge is 0.496 e. The normalized spacial score (nSPS) is 10.4. The molecule has 0 atom stereocenters. The van der Waals surface area contributed by atoms with Crippen molar-refractivity contribution < 1.29 is 9.53 Å². The van der Waals surface area contributed by atoms with E-state index in [4.69, 9.17) is 16.3 Å². The highest BCUT2D eigenvalue weighted by molar-refractivity contribution is 9.10. The van der Waals surface area contributed by atoms with E-state index in [1.807, 2.05) is 37.3 Å². The third kappa shape index (κ3) is 5.44. The zero-order chi connectivity index (χ0) is 16.8. The maximum Gasteiger partial charge on any atom is 0.234 e. The van der Waals surface area contributed by atoms with E-state index in [-0.39, 0.29) is 5.91 Å². The van der Waals surface area contributed by atoms with E-state index in [1.165, 1.54) is 11.8 Å². The van der Waals surface area contributed by atoms with Crippen LogP contribution >= 0.6 is 39.3 Å². The number of ether oxygens (including phenoxy) is 1. The Morgan fingerprint density at radius 3 is 2.78 bits per heavy atom. The molecule has 0 heterocycles. The topological polar surface area (TPSA) is 38.3 Å². The number of amides is 1. The monoisotopic (exact) mass is 413 g/mol. The van der Waals surface area contributed by atoms with Crippen LogP contribution in [-0.2, 0) is 10.5 Å². The van der Waals surface area contributed by atoms with Crippen molar-refractivity contribution in [3.63, 3.8) is 0 Å². The van der Waals surface area contributed by atoms with Crippen molar-refractivity contribution in [3.05, 3.63) is 57.0 Å². The lowest BCUT2D eigenvalue weighted by atomic mass is 10.2. The van der Waals surface area contributed by atoms with Gasteiger partial charge in [-0.05, 0) is 58.7 Å². The minimum atomic E-state index is -0.0412. The Kier molecular flexibility index (Phi) is 6.81. The predicted octanol–water partition coefficient (Wildman–Crippen LogP) is 5.29. The Hall–Kier alpha value is -1.17. The van der Waals surface area contributed by atoms with Crippen LogP contribution in [0.15, 0.2) is 40.9 Å². The number of hydrogen-bond acceptors (Lipinski definition) is 3. The number of hydrogen-bond donors (Lipinski definition) is 1. The molecule has 0 radical (unpaired) electrons. The average Bonchev–Trinajstić information content (AvgIpc) is 2.50. The van der Waals surface area contributed by atoms with Crippen molar-refractivity contribution in [1.29, 1.82) is 0 Å². The highest BCUT2D eigenvalue weighted by atomic mass is 79.9. The number of anilines is 1. The summed E-state index contributed by atoms with van der Waals surface area (Å²) in [6.45, 7) is 2.00. The number of methoxy groups -OCH3 is 1. The van der Waals surface area contributed by atoms with Gasteiger partial charge in [-0.15, -0.1) is 11.8 Å². The molecule has 1 amide bonds. The molecule has 3 nitrogen and oxygen atoms in total. The molecule has 0 unspecified atom stereocenters. The minimum absolute atomic E-state index is 0.0412. The van der Waals surface area contributed by atoms with Crippen molar-refractivity contribution >= 4 is 50.9 Å². The molecule has 122 valence electrons. The summed E-state index contributed by atoms with van der Waals surface area (Å²) in [6.07, 6.45) is 0. The van der Waals surface area contributed by atoms with Crippen molar-refractivity contribution in [2.45, 2.75) is 12.7 Å². The quantitative estimate of drug-likeness (QED) is 0.698. The molecule has 0 aliphatic carbocycles. The molecule has 0 saturated carbocycles. The smallest absolute Gasteiger partial charge is 0.234 e. The van der Waals surface area contributed by atoms with E-state index in [9.17, 15) is 4.79 Å². The maximum absolute atomic E-state index is 12.1. The van der Waals surface area contributed by atoms with E-state index in [2.05, 4.69) is 21.2 Å². The summed E-state index contributed by atoms with van der Waals surface area (Å²) in [5.41, 5.74) is 2.90. The predicted molar refractivity (Wildman–Crippen MR) is 102 cm³/mol. The van der Waals surface area contributed by atoms with E-state index in [1.54, 1.807) is 13.2 Å². The molecule has 2 aromatic carbocycles. The molecule has 6 heteroatoms. The molecule has 0 aliphatic heterocycles. The third-order valence-electron chi connectivity index (χ3n) is 3.13. The van der Waals surface area contributed by atoms with Crippen molar-refractivity contribution in [3.8, 4) is 5.75 Å². The number of carbonyl (C=O) groups excluding carboxylic acids is 1. The van der Waals surface area contributed by atoms with Crippen LogP contribution in [0.1, 0.15) is 11.1 Å². The first-order valence-electron chi connectivity index (χ1n) is 6.95. The highest BCUT2D eigenvalue weighted by Crippen LogP contribution is 2.27. The lowest BCUT2D eigenvalue weighted by Crippen LogP contribution is -2.14. The van der Waals surface area contributed by atoms with Crippen LogP contribution in [0.4, 0.5) is 5.69 Å². The minimum Gasteiger partial charge on any atom is -0.496 e. The Morgan fingerprint density at radius 2 is 2.09 bits per heavy atom. The molecule has 1 N–H and O–H groups in total. The summed E-state index contributed by atoms with van der Waals surface area (Å²) in [6, 6.07) is 11.3. The third-order valence-corrected chi connectivity index (χ3v) is 5.00. The Bertz CT molecular complexity index is 709. The molecule has 23 heavy (non-hydrogen) atoms. The number of carbonyl (C=O) groups is 1. The molecule has 0 spiro atoms. The zero-order valence-corrected chi connectivity index (χ0v) is 16.0. The standard InChI is InChI=1S/C17H17BrClNO2S/c1-11-3-5-15(14(18)7-11)20-17(21)10-23-9-12-8-13(19)4-6-16(12)22-2/h3-8H,9-10H2,1-2H3,(H,20,21). The molecule has 0 fully saturated rings. The van der Waals surface area contributed by atoms with Crippen molar-refractivity contribution in [2.24, 2.45) is 0 Å². The fourth-order valence-electron chi connectivity index (χ4n) is 2.02. The Balaban J connectivity index is 1.89. The van der Waals surface area contributed by atoms with Gasteiger partial charge in [-0.1, -0.05) is 17.7 Å². The van der Waals surface area contributed by atoms with Crippen molar-refractivity contribution in [1.82, 2.24) is 0 Å². The van der Waals surface area contributed by atoms with Crippen LogP contribution < -0.4 is 10.1 Å². The fraction of sp³-hybridized carbons (Fsp3) is 0.235. The molecular formula is C17H17BrClNO2S. The van der Waals surface area contributed by atoms with Gasteiger partial charge in [0.1, 0.15) is 5.75 Å². The second-order valence-corrected chi connectivity index (χ2v) is 7.26. The SMILES string of the molecule is COc1ccc(Cl)cc1CSCC(=O)Nc1ccc(C)cc1Br. The van der Waals surface area contributed by atoms with Gasteiger partial charge in [-0.25, -0.2) is 0 Å². The van der Waals surface area contributed by atoms with Gasteiger partial charge in [0.2, 0.25) is 5.91 Å². The molecule has 2 rings (SSSR count). The molecular weight excluding hydrogens is 398 g/mol. The van der Waals surface area contributed by atoms with Gasteiger partial charge in [0.15, 0.2) is 0 Å². The second-order valence-electron chi connectivity index (χ2n) is 4.98. The average molecular weight is 415 g/mol. The maximum atomic E-state index is 12.1. The summed E-state index contributed by atoms with van der Waals surface area (Å²) in [7, 11) is 1.62. The first-order valence-corrected chi connectivity index (χ1v) is 9.28.